The zero-order valence-corrected chi connectivity index (χ0v) is 18.7. The molecule has 1 amide bonds. The van der Waals surface area contributed by atoms with Crippen molar-refractivity contribution in [3.63, 3.8) is 0 Å². The summed E-state index contributed by atoms with van der Waals surface area (Å²) in [6.45, 7) is 5.04. The number of nitrogens with zero attached hydrogens (tertiary/aromatic N) is 4. The monoisotopic (exact) mass is 430 g/mol. The molecule has 0 spiro atoms. The van der Waals surface area contributed by atoms with Crippen molar-refractivity contribution in [3.8, 4) is 0 Å². The second-order valence-corrected chi connectivity index (χ2v) is 9.16. The third-order valence-corrected chi connectivity index (χ3v) is 6.94. The number of pyridine rings is 1. The molecular formula is C26H30N4O2. The third kappa shape index (κ3) is 4.65. The van der Waals surface area contributed by atoms with E-state index in [-0.39, 0.29) is 5.91 Å². The molecular weight excluding hydrogens is 400 g/mol. The van der Waals surface area contributed by atoms with Gasteiger partial charge in [-0.1, -0.05) is 12.1 Å². The summed E-state index contributed by atoms with van der Waals surface area (Å²) in [6, 6.07) is 9.43. The number of amides is 1. The summed E-state index contributed by atoms with van der Waals surface area (Å²) in [5, 5.41) is 0.867. The normalized spacial score (nSPS) is 21.8. The topological polar surface area (TPSA) is 71.6 Å². The molecule has 0 unspecified atom stereocenters. The van der Waals surface area contributed by atoms with Crippen LogP contribution in [0.4, 0.5) is 0 Å². The van der Waals surface area contributed by atoms with E-state index in [1.807, 2.05) is 43.5 Å². The van der Waals surface area contributed by atoms with Gasteiger partial charge in [0.15, 0.2) is 5.89 Å². The number of hydrogen-bond donors (Lipinski definition) is 0. The SMILES string of the molecule is Cc1nc2c(o1)CCN(CCC1CCC(C=NC(=O)c3cccc4ncccc34)CC1)C2. The highest BCUT2D eigenvalue weighted by Crippen LogP contribution is 2.31. The maximum atomic E-state index is 12.7. The fourth-order valence-electron chi connectivity index (χ4n) is 5.10. The molecule has 2 aromatic heterocycles. The van der Waals surface area contributed by atoms with Crippen molar-refractivity contribution in [2.75, 3.05) is 13.1 Å². The number of carbonyl (C=O) groups excluding carboxylic acids is 1. The average Bonchev–Trinajstić information content (AvgIpc) is 3.20. The van der Waals surface area contributed by atoms with Gasteiger partial charge in [-0.2, -0.15) is 0 Å². The fraction of sp³-hybridized carbons (Fsp3) is 0.462. The van der Waals surface area contributed by atoms with E-state index in [1.165, 1.54) is 19.3 Å². The van der Waals surface area contributed by atoms with Crippen LogP contribution in [0.15, 0.2) is 45.9 Å². The molecule has 0 radical (unpaired) electrons. The van der Waals surface area contributed by atoms with Crippen LogP contribution in [0.1, 0.15) is 59.8 Å². The zero-order chi connectivity index (χ0) is 21.9. The van der Waals surface area contributed by atoms with Crippen molar-refractivity contribution < 1.29 is 9.21 Å². The Morgan fingerprint density at radius 2 is 2.09 bits per heavy atom. The quantitative estimate of drug-likeness (QED) is 0.533. The van der Waals surface area contributed by atoms with Gasteiger partial charge in [0, 0.05) is 44.2 Å². The summed E-state index contributed by atoms with van der Waals surface area (Å²) in [5.74, 6) is 2.86. The van der Waals surface area contributed by atoms with E-state index in [0.717, 1.165) is 73.1 Å². The number of fused-ring (bicyclic) bond motifs is 2. The number of rotatable bonds is 5. The van der Waals surface area contributed by atoms with Gasteiger partial charge >= 0.3 is 0 Å². The largest absolute Gasteiger partial charge is 0.446 e. The predicted octanol–water partition coefficient (Wildman–Crippen LogP) is 5.00. The van der Waals surface area contributed by atoms with Crippen LogP contribution in [0.25, 0.3) is 10.9 Å². The number of oxazole rings is 1. The van der Waals surface area contributed by atoms with Crippen molar-refractivity contribution in [2.45, 2.75) is 52.0 Å². The number of carbonyl (C=O) groups is 1. The van der Waals surface area contributed by atoms with E-state index in [0.29, 0.717) is 11.5 Å². The van der Waals surface area contributed by atoms with Gasteiger partial charge in [-0.25, -0.2) is 9.98 Å². The van der Waals surface area contributed by atoms with Crippen LogP contribution in [0, 0.1) is 18.8 Å². The smallest absolute Gasteiger partial charge is 0.277 e. The number of hydrogen-bond acceptors (Lipinski definition) is 5. The summed E-state index contributed by atoms with van der Waals surface area (Å²) < 4.78 is 5.67. The van der Waals surface area contributed by atoms with Gasteiger partial charge in [-0.15, -0.1) is 0 Å². The number of aryl methyl sites for hydroxylation is 1. The molecule has 1 aromatic carbocycles. The lowest BCUT2D eigenvalue weighted by Gasteiger charge is -2.30. The molecule has 32 heavy (non-hydrogen) atoms. The van der Waals surface area contributed by atoms with Crippen LogP contribution in [-0.4, -0.2) is 40.1 Å². The first-order valence-electron chi connectivity index (χ1n) is 11.8. The van der Waals surface area contributed by atoms with Crippen molar-refractivity contribution in [3.05, 3.63) is 59.4 Å². The lowest BCUT2D eigenvalue weighted by molar-refractivity contribution is 0.100. The highest BCUT2D eigenvalue weighted by atomic mass is 16.4. The van der Waals surface area contributed by atoms with E-state index in [9.17, 15) is 4.79 Å². The van der Waals surface area contributed by atoms with Crippen LogP contribution in [-0.2, 0) is 13.0 Å². The fourth-order valence-corrected chi connectivity index (χ4v) is 5.10. The molecule has 166 valence electrons. The molecule has 1 aliphatic carbocycles. The van der Waals surface area contributed by atoms with Gasteiger partial charge in [-0.3, -0.25) is 14.7 Å². The predicted molar refractivity (Wildman–Crippen MR) is 125 cm³/mol. The molecule has 0 saturated heterocycles. The van der Waals surface area contributed by atoms with Crippen molar-refractivity contribution in [2.24, 2.45) is 16.8 Å². The van der Waals surface area contributed by atoms with Gasteiger partial charge in [0.1, 0.15) is 5.76 Å². The molecule has 6 heteroatoms. The molecule has 1 fully saturated rings. The average molecular weight is 431 g/mol. The van der Waals surface area contributed by atoms with E-state index in [1.54, 1.807) is 6.20 Å². The summed E-state index contributed by atoms with van der Waals surface area (Å²) in [4.78, 5) is 28.4. The Morgan fingerprint density at radius 3 is 2.97 bits per heavy atom. The van der Waals surface area contributed by atoms with Crippen LogP contribution in [0.2, 0.25) is 0 Å². The first kappa shape index (κ1) is 21.0. The number of aromatic nitrogens is 2. The number of aliphatic imine (C=N–C) groups is 1. The van der Waals surface area contributed by atoms with Crippen LogP contribution in [0.5, 0.6) is 0 Å². The molecule has 0 N–H and O–H groups in total. The molecule has 1 saturated carbocycles. The molecule has 5 rings (SSSR count). The van der Waals surface area contributed by atoms with Crippen LogP contribution < -0.4 is 0 Å². The molecule has 0 bridgehead atoms. The Hall–Kier alpha value is -2.86. The maximum absolute atomic E-state index is 12.7. The van der Waals surface area contributed by atoms with E-state index >= 15 is 0 Å². The van der Waals surface area contributed by atoms with Gasteiger partial charge in [-0.05, 0) is 68.7 Å². The molecule has 6 nitrogen and oxygen atoms in total. The summed E-state index contributed by atoms with van der Waals surface area (Å²) >= 11 is 0. The second kappa shape index (κ2) is 9.33. The lowest BCUT2D eigenvalue weighted by atomic mass is 9.81. The second-order valence-electron chi connectivity index (χ2n) is 9.16. The molecule has 3 aromatic rings. The van der Waals surface area contributed by atoms with Crippen LogP contribution >= 0.6 is 0 Å². The third-order valence-electron chi connectivity index (χ3n) is 6.94. The highest BCUT2D eigenvalue weighted by molar-refractivity contribution is 6.08. The van der Waals surface area contributed by atoms with E-state index in [4.69, 9.17) is 4.42 Å². The lowest BCUT2D eigenvalue weighted by Crippen LogP contribution is -2.32. The molecule has 0 atom stereocenters. The standard InChI is InChI=1S/C26H30N4O2/c1-18-29-24-17-30(15-12-25(24)32-18)14-11-19-7-9-20(10-8-19)16-28-26(31)22-4-2-6-23-21(22)5-3-13-27-23/h2-6,13,16,19-20H,7-12,14-15,17H2,1H3. The summed E-state index contributed by atoms with van der Waals surface area (Å²) in [7, 11) is 0. The minimum absolute atomic E-state index is 0.168. The number of benzene rings is 1. The van der Waals surface area contributed by atoms with Crippen molar-refractivity contribution in [1.82, 2.24) is 14.9 Å². The summed E-state index contributed by atoms with van der Waals surface area (Å²) in [5.41, 5.74) is 2.59. The minimum atomic E-state index is -0.168. The Kier molecular flexibility index (Phi) is 6.12. The van der Waals surface area contributed by atoms with Gasteiger partial charge < -0.3 is 4.42 Å². The minimum Gasteiger partial charge on any atom is -0.446 e. The summed E-state index contributed by atoms with van der Waals surface area (Å²) in [6.07, 6.45) is 10.5. The van der Waals surface area contributed by atoms with Gasteiger partial charge in [0.05, 0.1) is 16.8 Å². The Balaban J connectivity index is 1.09. The molecule has 1 aliphatic heterocycles. The van der Waals surface area contributed by atoms with Gasteiger partial charge in [0.2, 0.25) is 0 Å². The van der Waals surface area contributed by atoms with Crippen molar-refractivity contribution in [1.29, 1.82) is 0 Å². The Morgan fingerprint density at radius 1 is 1.22 bits per heavy atom. The first-order valence-corrected chi connectivity index (χ1v) is 11.8. The van der Waals surface area contributed by atoms with Gasteiger partial charge in [0.25, 0.3) is 5.91 Å². The van der Waals surface area contributed by atoms with Crippen molar-refractivity contribution >= 4 is 23.0 Å². The molecule has 3 heterocycles. The van der Waals surface area contributed by atoms with E-state index in [2.05, 4.69) is 19.9 Å². The van der Waals surface area contributed by atoms with Crippen LogP contribution in [0.3, 0.4) is 0 Å². The molecule has 2 aliphatic rings. The first-order chi connectivity index (χ1) is 15.7. The zero-order valence-electron chi connectivity index (χ0n) is 18.7. The highest BCUT2D eigenvalue weighted by Gasteiger charge is 2.24. The van der Waals surface area contributed by atoms with E-state index < -0.39 is 0 Å². The Bertz CT molecular complexity index is 1120. The Labute approximate surface area is 188 Å². The maximum Gasteiger partial charge on any atom is 0.277 e.